The highest BCUT2D eigenvalue weighted by Gasteiger charge is 2.20. The lowest BCUT2D eigenvalue weighted by Gasteiger charge is -2.23. The molecule has 0 spiro atoms. The Morgan fingerprint density at radius 1 is 0.552 bits per heavy atom. The molecular weight excluding hydrogens is 356 g/mol. The van der Waals surface area contributed by atoms with E-state index in [-0.39, 0.29) is 0 Å². The molecule has 2 nitrogen and oxygen atoms in total. The molecule has 0 unspecified atom stereocenters. The van der Waals surface area contributed by atoms with Crippen molar-refractivity contribution in [2.24, 2.45) is 0 Å². The van der Waals surface area contributed by atoms with Crippen molar-refractivity contribution in [1.82, 2.24) is 0 Å². The minimum atomic E-state index is 0.364. The molecule has 0 amide bonds. The van der Waals surface area contributed by atoms with Crippen LogP contribution >= 0.6 is 0 Å². The van der Waals surface area contributed by atoms with Gasteiger partial charge in [0.1, 0.15) is 11.5 Å². The van der Waals surface area contributed by atoms with Gasteiger partial charge in [-0.1, -0.05) is 84.0 Å². The summed E-state index contributed by atoms with van der Waals surface area (Å²) in [7, 11) is 0. The van der Waals surface area contributed by atoms with Gasteiger partial charge >= 0.3 is 0 Å². The molecule has 0 fully saturated rings. The normalized spacial score (nSPS) is 11.3. The van der Waals surface area contributed by atoms with Gasteiger partial charge in [-0.25, -0.2) is 0 Å². The summed E-state index contributed by atoms with van der Waals surface area (Å²) in [6.07, 6.45) is 0. The van der Waals surface area contributed by atoms with Gasteiger partial charge in [0, 0.05) is 0 Å². The van der Waals surface area contributed by atoms with Crippen molar-refractivity contribution in [3.05, 3.63) is 83.4 Å². The molecule has 0 atom stereocenters. The first-order valence-electron chi connectivity index (χ1n) is 10.5. The summed E-state index contributed by atoms with van der Waals surface area (Å²) in [6, 6.07) is 22.3. The fraction of sp³-hybridized carbons (Fsp3) is 0.333. The summed E-state index contributed by atoms with van der Waals surface area (Å²) >= 11 is 0. The van der Waals surface area contributed by atoms with E-state index < -0.39 is 0 Å². The molecule has 0 aliphatic carbocycles. The standard InChI is InChI=1S/C27H32O2/c1-18(2)21-16-23(19(3)4)27(24(17-21)20(5)6)29-26-15-11-10-14-25(26)28-22-12-8-7-9-13-22/h7-20H,1-6H3. The summed E-state index contributed by atoms with van der Waals surface area (Å²) < 4.78 is 12.7. The zero-order valence-corrected chi connectivity index (χ0v) is 18.4. The van der Waals surface area contributed by atoms with Gasteiger partial charge in [-0.3, -0.25) is 0 Å². The lowest BCUT2D eigenvalue weighted by molar-refractivity contribution is 0.410. The zero-order valence-electron chi connectivity index (χ0n) is 18.4. The molecule has 152 valence electrons. The van der Waals surface area contributed by atoms with Crippen LogP contribution in [0.3, 0.4) is 0 Å². The van der Waals surface area contributed by atoms with Gasteiger partial charge in [0.15, 0.2) is 11.5 Å². The third kappa shape index (κ3) is 5.00. The lowest BCUT2D eigenvalue weighted by Crippen LogP contribution is -2.04. The number of hydrogen-bond acceptors (Lipinski definition) is 2. The summed E-state index contributed by atoms with van der Waals surface area (Å²) in [5.74, 6) is 4.42. The summed E-state index contributed by atoms with van der Waals surface area (Å²) in [5, 5.41) is 0. The topological polar surface area (TPSA) is 18.5 Å². The highest BCUT2D eigenvalue weighted by molar-refractivity contribution is 5.53. The predicted octanol–water partition coefficient (Wildman–Crippen LogP) is 8.64. The van der Waals surface area contributed by atoms with Crippen LogP contribution < -0.4 is 9.47 Å². The van der Waals surface area contributed by atoms with Crippen molar-refractivity contribution < 1.29 is 9.47 Å². The second-order valence-corrected chi connectivity index (χ2v) is 8.46. The Morgan fingerprint density at radius 2 is 1.03 bits per heavy atom. The molecule has 29 heavy (non-hydrogen) atoms. The highest BCUT2D eigenvalue weighted by atomic mass is 16.5. The Labute approximate surface area is 175 Å². The van der Waals surface area contributed by atoms with E-state index in [2.05, 4.69) is 53.7 Å². The maximum atomic E-state index is 6.58. The predicted molar refractivity (Wildman–Crippen MR) is 122 cm³/mol. The Morgan fingerprint density at radius 3 is 1.52 bits per heavy atom. The van der Waals surface area contributed by atoms with E-state index in [0.29, 0.717) is 17.8 Å². The molecular formula is C27H32O2. The van der Waals surface area contributed by atoms with E-state index in [0.717, 1.165) is 23.0 Å². The van der Waals surface area contributed by atoms with Gasteiger partial charge in [0.2, 0.25) is 0 Å². The van der Waals surface area contributed by atoms with Crippen LogP contribution in [0.4, 0.5) is 0 Å². The molecule has 0 N–H and O–H groups in total. The fourth-order valence-corrected chi connectivity index (χ4v) is 3.35. The second-order valence-electron chi connectivity index (χ2n) is 8.46. The molecule has 3 rings (SSSR count). The van der Waals surface area contributed by atoms with Crippen LogP contribution in [0.2, 0.25) is 0 Å². The van der Waals surface area contributed by atoms with Crippen LogP contribution in [0.15, 0.2) is 66.7 Å². The van der Waals surface area contributed by atoms with Gasteiger partial charge in [-0.2, -0.15) is 0 Å². The molecule has 0 heterocycles. The highest BCUT2D eigenvalue weighted by Crippen LogP contribution is 2.42. The van der Waals surface area contributed by atoms with Gasteiger partial charge in [0.25, 0.3) is 0 Å². The first-order chi connectivity index (χ1) is 13.9. The third-order valence-electron chi connectivity index (χ3n) is 5.11. The van der Waals surface area contributed by atoms with Crippen molar-refractivity contribution in [1.29, 1.82) is 0 Å². The summed E-state index contributed by atoms with van der Waals surface area (Å²) in [5.41, 5.74) is 3.85. The molecule has 0 aromatic heterocycles. The SMILES string of the molecule is CC(C)c1cc(C(C)C)c(Oc2ccccc2Oc2ccccc2)c(C(C)C)c1. The molecule has 0 aliphatic heterocycles. The van der Waals surface area contributed by atoms with Gasteiger partial charge in [-0.15, -0.1) is 0 Å². The Hall–Kier alpha value is -2.74. The van der Waals surface area contributed by atoms with Crippen LogP contribution in [-0.2, 0) is 0 Å². The maximum Gasteiger partial charge on any atom is 0.169 e. The van der Waals surface area contributed by atoms with Crippen LogP contribution in [0.1, 0.15) is 76.0 Å². The Balaban J connectivity index is 2.06. The third-order valence-corrected chi connectivity index (χ3v) is 5.11. The van der Waals surface area contributed by atoms with Crippen molar-refractivity contribution in [2.75, 3.05) is 0 Å². The van der Waals surface area contributed by atoms with Gasteiger partial charge in [0.05, 0.1) is 0 Å². The first-order valence-corrected chi connectivity index (χ1v) is 10.5. The van der Waals surface area contributed by atoms with E-state index in [1.807, 2.05) is 54.6 Å². The number of para-hydroxylation sites is 3. The van der Waals surface area contributed by atoms with E-state index in [1.54, 1.807) is 0 Å². The lowest BCUT2D eigenvalue weighted by atomic mass is 9.88. The van der Waals surface area contributed by atoms with Crippen LogP contribution in [0.25, 0.3) is 0 Å². The van der Waals surface area contributed by atoms with Crippen LogP contribution in [-0.4, -0.2) is 0 Å². The number of hydrogen-bond donors (Lipinski definition) is 0. The molecule has 3 aromatic carbocycles. The fourth-order valence-electron chi connectivity index (χ4n) is 3.35. The molecule has 0 bridgehead atoms. The van der Waals surface area contributed by atoms with E-state index in [1.165, 1.54) is 16.7 Å². The van der Waals surface area contributed by atoms with Crippen molar-refractivity contribution in [3.63, 3.8) is 0 Å². The minimum absolute atomic E-state index is 0.364. The Kier molecular flexibility index (Phi) is 6.64. The second kappa shape index (κ2) is 9.17. The van der Waals surface area contributed by atoms with E-state index in [9.17, 15) is 0 Å². The largest absolute Gasteiger partial charge is 0.453 e. The van der Waals surface area contributed by atoms with E-state index >= 15 is 0 Å². The van der Waals surface area contributed by atoms with Crippen molar-refractivity contribution in [2.45, 2.75) is 59.3 Å². The van der Waals surface area contributed by atoms with Crippen molar-refractivity contribution in [3.8, 4) is 23.0 Å². The van der Waals surface area contributed by atoms with E-state index in [4.69, 9.17) is 9.47 Å². The summed E-state index contributed by atoms with van der Waals surface area (Å²) in [6.45, 7) is 13.4. The average molecular weight is 389 g/mol. The molecule has 2 heteroatoms. The first kappa shape index (κ1) is 21.0. The quantitative estimate of drug-likeness (QED) is 0.403. The molecule has 3 aromatic rings. The van der Waals surface area contributed by atoms with Crippen molar-refractivity contribution >= 4 is 0 Å². The zero-order chi connectivity index (χ0) is 21.0. The molecule has 0 saturated heterocycles. The summed E-state index contributed by atoms with van der Waals surface area (Å²) in [4.78, 5) is 0. The van der Waals surface area contributed by atoms with Crippen LogP contribution in [0, 0.1) is 0 Å². The monoisotopic (exact) mass is 388 g/mol. The average Bonchev–Trinajstić information content (AvgIpc) is 2.69. The number of benzene rings is 3. The molecule has 0 aliphatic rings. The Bertz CT molecular complexity index is 911. The number of ether oxygens (including phenoxy) is 2. The van der Waals surface area contributed by atoms with Gasteiger partial charge in [-0.05, 0) is 58.7 Å². The smallest absolute Gasteiger partial charge is 0.169 e. The number of rotatable bonds is 7. The maximum absolute atomic E-state index is 6.58. The minimum Gasteiger partial charge on any atom is -0.453 e. The molecule has 0 radical (unpaired) electrons. The van der Waals surface area contributed by atoms with Gasteiger partial charge < -0.3 is 9.47 Å². The van der Waals surface area contributed by atoms with Crippen LogP contribution in [0.5, 0.6) is 23.0 Å². The molecule has 0 saturated carbocycles.